The number of aromatic nitrogens is 2. The smallest absolute Gasteiger partial charge is 0.332 e. The molecule has 0 saturated carbocycles. The summed E-state index contributed by atoms with van der Waals surface area (Å²) in [4.78, 5) is 30.3. The van der Waals surface area contributed by atoms with Crippen molar-refractivity contribution >= 4 is 40.9 Å². The van der Waals surface area contributed by atoms with Crippen molar-refractivity contribution in [3.63, 3.8) is 0 Å². The highest BCUT2D eigenvalue weighted by Gasteiger charge is 2.22. The molecule has 1 aromatic heterocycles. The van der Waals surface area contributed by atoms with Gasteiger partial charge in [-0.2, -0.15) is 4.98 Å². The Morgan fingerprint density at radius 2 is 1.91 bits per heavy atom. The van der Waals surface area contributed by atoms with Gasteiger partial charge in [0.25, 0.3) is 0 Å². The van der Waals surface area contributed by atoms with E-state index in [1.165, 1.54) is 13.0 Å². The van der Waals surface area contributed by atoms with E-state index in [-0.39, 0.29) is 23.1 Å². The Hall–Kier alpha value is -4.47. The van der Waals surface area contributed by atoms with Crippen molar-refractivity contribution in [3.8, 4) is 5.75 Å². The molecule has 32 heavy (non-hydrogen) atoms. The molecule has 0 atom stereocenters. The largest absolute Gasteiger partial charge is 0.494 e. The molecule has 0 amide bonds. The molecular formula is C22H21N5O5. The van der Waals surface area contributed by atoms with Crippen LogP contribution >= 0.6 is 0 Å². The maximum atomic E-state index is 11.6. The second-order valence-electron chi connectivity index (χ2n) is 6.59. The van der Waals surface area contributed by atoms with Gasteiger partial charge in [0.05, 0.1) is 11.5 Å². The Morgan fingerprint density at radius 3 is 2.56 bits per heavy atom. The van der Waals surface area contributed by atoms with Gasteiger partial charge in [-0.25, -0.2) is 9.78 Å². The first-order valence-electron chi connectivity index (χ1n) is 9.66. The molecule has 0 spiro atoms. The number of nitrogens with one attached hydrogen (secondary N) is 2. The molecule has 164 valence electrons. The highest BCUT2D eigenvalue weighted by molar-refractivity contribution is 5.85. The van der Waals surface area contributed by atoms with Crippen LogP contribution in [0.1, 0.15) is 18.2 Å². The van der Waals surface area contributed by atoms with Gasteiger partial charge in [-0.05, 0) is 61.9 Å². The van der Waals surface area contributed by atoms with Gasteiger partial charge in [0.1, 0.15) is 11.4 Å². The van der Waals surface area contributed by atoms with E-state index in [4.69, 9.17) is 9.84 Å². The van der Waals surface area contributed by atoms with Crippen LogP contribution < -0.4 is 15.4 Å². The second kappa shape index (κ2) is 10.0. The standard InChI is InChI=1S/C22H21N5O5/c1-3-32-18-10-8-16(9-11-18)24-21-20(27(30)31)14(2)23-22(26-21)25-17-6-4-5-15(13-17)7-12-19(28)29/h4-13H,3H2,1-2H3,(H,28,29)(H2,23,24,25,26). The summed E-state index contributed by atoms with van der Waals surface area (Å²) in [6.07, 6.45) is 2.48. The average molecular weight is 435 g/mol. The molecule has 0 saturated heterocycles. The van der Waals surface area contributed by atoms with E-state index in [0.29, 0.717) is 29.3 Å². The monoisotopic (exact) mass is 435 g/mol. The summed E-state index contributed by atoms with van der Waals surface area (Å²) in [7, 11) is 0. The van der Waals surface area contributed by atoms with Crippen molar-refractivity contribution in [2.45, 2.75) is 13.8 Å². The van der Waals surface area contributed by atoms with E-state index in [2.05, 4.69) is 20.6 Å². The lowest BCUT2D eigenvalue weighted by atomic mass is 10.2. The zero-order valence-corrected chi connectivity index (χ0v) is 17.4. The molecule has 10 nitrogen and oxygen atoms in total. The number of hydrogen-bond acceptors (Lipinski definition) is 8. The summed E-state index contributed by atoms with van der Waals surface area (Å²) in [5, 5.41) is 26.4. The number of rotatable bonds is 9. The van der Waals surface area contributed by atoms with Crippen molar-refractivity contribution in [2.75, 3.05) is 17.2 Å². The zero-order valence-electron chi connectivity index (χ0n) is 17.4. The van der Waals surface area contributed by atoms with E-state index >= 15 is 0 Å². The van der Waals surface area contributed by atoms with Gasteiger partial charge in [0.2, 0.25) is 11.8 Å². The Labute approximate surface area is 183 Å². The van der Waals surface area contributed by atoms with Crippen LogP contribution in [0.4, 0.5) is 28.8 Å². The molecule has 2 aromatic carbocycles. The van der Waals surface area contributed by atoms with Gasteiger partial charge in [-0.1, -0.05) is 12.1 Å². The van der Waals surface area contributed by atoms with Crippen LogP contribution in [0.3, 0.4) is 0 Å². The molecule has 0 unspecified atom stereocenters. The molecule has 0 aliphatic rings. The maximum Gasteiger partial charge on any atom is 0.332 e. The van der Waals surface area contributed by atoms with Crippen LogP contribution in [0.2, 0.25) is 0 Å². The molecule has 10 heteroatoms. The van der Waals surface area contributed by atoms with Crippen LogP contribution in [0.25, 0.3) is 6.08 Å². The summed E-state index contributed by atoms with van der Waals surface area (Å²) >= 11 is 0. The quantitative estimate of drug-likeness (QED) is 0.248. The lowest BCUT2D eigenvalue weighted by Gasteiger charge is -2.12. The summed E-state index contributed by atoms with van der Waals surface area (Å²) in [5.41, 5.74) is 1.80. The molecule has 0 bridgehead atoms. The highest BCUT2D eigenvalue weighted by Crippen LogP contribution is 2.30. The highest BCUT2D eigenvalue weighted by atomic mass is 16.6. The number of carboxylic acid groups (broad SMARTS) is 1. The molecule has 0 radical (unpaired) electrons. The number of nitrogens with zero attached hydrogens (tertiary/aromatic N) is 3. The fraction of sp³-hybridized carbons (Fsp3) is 0.136. The predicted octanol–water partition coefficient (Wildman–Crippen LogP) is 4.68. The molecular weight excluding hydrogens is 414 g/mol. The predicted molar refractivity (Wildman–Crippen MR) is 121 cm³/mol. The van der Waals surface area contributed by atoms with Crippen molar-refractivity contribution < 1.29 is 19.6 Å². The minimum absolute atomic E-state index is 0.0380. The lowest BCUT2D eigenvalue weighted by molar-refractivity contribution is -0.385. The molecule has 0 fully saturated rings. The van der Waals surface area contributed by atoms with Crippen molar-refractivity contribution in [1.29, 1.82) is 0 Å². The summed E-state index contributed by atoms with van der Waals surface area (Å²) in [6.45, 7) is 3.94. The summed E-state index contributed by atoms with van der Waals surface area (Å²) in [6, 6.07) is 13.9. The van der Waals surface area contributed by atoms with Gasteiger partial charge >= 0.3 is 11.7 Å². The topological polar surface area (TPSA) is 140 Å². The van der Waals surface area contributed by atoms with Gasteiger partial charge in [-0.3, -0.25) is 10.1 Å². The van der Waals surface area contributed by atoms with E-state index in [1.807, 2.05) is 6.92 Å². The van der Waals surface area contributed by atoms with Crippen LogP contribution in [0.5, 0.6) is 5.75 Å². The SMILES string of the molecule is CCOc1ccc(Nc2nc(Nc3cccc(C=CC(=O)O)c3)nc(C)c2[N+](=O)[O-])cc1. The third-order valence-corrected chi connectivity index (χ3v) is 4.23. The molecule has 3 aromatic rings. The Kier molecular flexibility index (Phi) is 6.96. The number of hydrogen-bond donors (Lipinski definition) is 3. The first-order chi connectivity index (χ1) is 15.4. The summed E-state index contributed by atoms with van der Waals surface area (Å²) < 4.78 is 5.41. The molecule has 0 aliphatic carbocycles. The molecule has 1 heterocycles. The lowest BCUT2D eigenvalue weighted by Crippen LogP contribution is -2.07. The van der Waals surface area contributed by atoms with Crippen molar-refractivity contribution in [1.82, 2.24) is 9.97 Å². The molecule has 3 rings (SSSR count). The van der Waals surface area contributed by atoms with Crippen LogP contribution in [0.15, 0.2) is 54.6 Å². The number of aryl methyl sites for hydroxylation is 1. The third kappa shape index (κ3) is 5.79. The zero-order chi connectivity index (χ0) is 23.1. The van der Waals surface area contributed by atoms with Crippen molar-refractivity contribution in [3.05, 3.63) is 76.0 Å². The van der Waals surface area contributed by atoms with E-state index in [0.717, 1.165) is 6.08 Å². The van der Waals surface area contributed by atoms with Gasteiger partial charge in [0, 0.05) is 17.5 Å². The fourth-order valence-corrected chi connectivity index (χ4v) is 2.88. The first-order valence-corrected chi connectivity index (χ1v) is 9.66. The van der Waals surface area contributed by atoms with E-state index < -0.39 is 10.9 Å². The van der Waals surface area contributed by atoms with Crippen LogP contribution in [-0.4, -0.2) is 32.6 Å². The molecule has 3 N–H and O–H groups in total. The normalized spacial score (nSPS) is 10.7. The fourth-order valence-electron chi connectivity index (χ4n) is 2.88. The number of anilines is 4. The van der Waals surface area contributed by atoms with Crippen LogP contribution in [0, 0.1) is 17.0 Å². The van der Waals surface area contributed by atoms with Crippen molar-refractivity contribution in [2.24, 2.45) is 0 Å². The van der Waals surface area contributed by atoms with Crippen LogP contribution in [-0.2, 0) is 4.79 Å². The van der Waals surface area contributed by atoms with E-state index in [1.54, 1.807) is 48.5 Å². The first kappa shape index (κ1) is 22.2. The van der Waals surface area contributed by atoms with Gasteiger partial charge in [0.15, 0.2) is 0 Å². The number of benzene rings is 2. The minimum Gasteiger partial charge on any atom is -0.494 e. The average Bonchev–Trinajstić information content (AvgIpc) is 2.73. The maximum absolute atomic E-state index is 11.6. The molecule has 0 aliphatic heterocycles. The van der Waals surface area contributed by atoms with E-state index in [9.17, 15) is 14.9 Å². The second-order valence-corrected chi connectivity index (χ2v) is 6.59. The summed E-state index contributed by atoms with van der Waals surface area (Å²) in [5.74, 6) is -0.176. The third-order valence-electron chi connectivity index (χ3n) is 4.23. The van der Waals surface area contributed by atoms with Gasteiger partial charge < -0.3 is 20.5 Å². The van der Waals surface area contributed by atoms with Gasteiger partial charge in [-0.15, -0.1) is 0 Å². The Bertz CT molecular complexity index is 1160. The Morgan fingerprint density at radius 1 is 1.16 bits per heavy atom. The number of carboxylic acids is 1. The Balaban J connectivity index is 1.90. The number of ether oxygens (including phenoxy) is 1. The minimum atomic E-state index is -1.05. The number of nitro groups is 1. The number of carbonyl (C=O) groups is 1. The number of aliphatic carboxylic acids is 1.